The highest BCUT2D eigenvalue weighted by molar-refractivity contribution is 7.93. The van der Waals surface area contributed by atoms with E-state index in [1.165, 1.54) is 24.6 Å². The molecule has 0 bridgehead atoms. The number of aromatic nitrogens is 1. The number of hydrogen-bond acceptors (Lipinski definition) is 6. The maximum Gasteiger partial charge on any atom is 0.275 e. The molecule has 0 aliphatic heterocycles. The van der Waals surface area contributed by atoms with Gasteiger partial charge in [0.1, 0.15) is 11.4 Å². The third-order valence-corrected chi connectivity index (χ3v) is 6.41. The third-order valence-electron chi connectivity index (χ3n) is 3.76. The number of ether oxygens (including phenoxy) is 1. The van der Waals surface area contributed by atoms with Gasteiger partial charge < -0.3 is 10.1 Å². The second kappa shape index (κ2) is 8.17. The number of hydrogen-bond donors (Lipinski definition) is 2. The molecule has 1 aromatic heterocycles. The number of anilines is 2. The fourth-order valence-corrected chi connectivity index (χ4v) is 4.34. The lowest BCUT2D eigenvalue weighted by Crippen LogP contribution is -2.14. The van der Waals surface area contributed by atoms with Crippen LogP contribution in [0, 0.1) is 6.92 Å². The molecule has 0 spiro atoms. The Bertz CT molecular complexity index is 1110. The molecule has 3 rings (SSSR count). The van der Waals surface area contributed by atoms with E-state index in [-0.39, 0.29) is 15.7 Å². The minimum absolute atomic E-state index is 0.0591. The molecule has 0 radical (unpaired) electrons. The zero-order valence-corrected chi connectivity index (χ0v) is 17.3. The maximum atomic E-state index is 12.4. The van der Waals surface area contributed by atoms with Gasteiger partial charge in [0, 0.05) is 16.1 Å². The molecule has 1 heterocycles. The summed E-state index contributed by atoms with van der Waals surface area (Å²) in [6.07, 6.45) is 0. The van der Waals surface area contributed by atoms with E-state index >= 15 is 0 Å². The van der Waals surface area contributed by atoms with Crippen molar-refractivity contribution in [2.45, 2.75) is 11.8 Å². The number of nitrogens with one attached hydrogen (secondary N) is 2. The minimum Gasteiger partial charge on any atom is -0.497 e. The molecule has 28 heavy (non-hydrogen) atoms. The summed E-state index contributed by atoms with van der Waals surface area (Å²) in [4.78, 5) is 16.4. The van der Waals surface area contributed by atoms with Gasteiger partial charge in [-0.1, -0.05) is 17.7 Å². The summed E-state index contributed by atoms with van der Waals surface area (Å²) in [5.74, 6) is 0.0782. The summed E-state index contributed by atoms with van der Waals surface area (Å²) in [6, 6.07) is 11.1. The molecule has 2 N–H and O–H groups in total. The molecule has 10 heteroatoms. The number of sulfonamides is 1. The molecule has 0 fully saturated rings. The van der Waals surface area contributed by atoms with Crippen molar-refractivity contribution in [2.24, 2.45) is 0 Å². The van der Waals surface area contributed by atoms with Crippen molar-refractivity contribution in [1.82, 2.24) is 4.98 Å². The molecule has 0 unspecified atom stereocenters. The summed E-state index contributed by atoms with van der Waals surface area (Å²) < 4.78 is 32.3. The van der Waals surface area contributed by atoms with E-state index < -0.39 is 15.9 Å². The second-order valence-corrected chi connectivity index (χ2v) is 8.68. The van der Waals surface area contributed by atoms with E-state index in [0.717, 1.165) is 16.9 Å². The van der Waals surface area contributed by atoms with Crippen LogP contribution < -0.4 is 14.8 Å². The number of benzene rings is 2. The highest BCUT2D eigenvalue weighted by Crippen LogP contribution is 2.23. The summed E-state index contributed by atoms with van der Waals surface area (Å²) in [7, 11) is -2.33. The lowest BCUT2D eigenvalue weighted by molar-refractivity contribution is 0.102. The van der Waals surface area contributed by atoms with Crippen LogP contribution in [0.2, 0.25) is 5.02 Å². The molecule has 3 aromatic rings. The molecule has 2 aromatic carbocycles. The predicted octanol–water partition coefficient (Wildman–Crippen LogP) is 4.17. The SMILES string of the molecule is COc1ccc(S(=O)(=O)Nc2nc(C(=O)Nc3ccc(C)c(Cl)c3)cs2)cc1. The van der Waals surface area contributed by atoms with Crippen LogP contribution in [0.3, 0.4) is 0 Å². The van der Waals surface area contributed by atoms with Gasteiger partial charge in [-0.15, -0.1) is 11.3 Å². The van der Waals surface area contributed by atoms with E-state index in [0.29, 0.717) is 16.5 Å². The largest absolute Gasteiger partial charge is 0.497 e. The standard InChI is InChI=1S/C18H16ClN3O4S2/c1-11-3-4-12(9-15(11)19)20-17(23)16-10-27-18(21-16)22-28(24,25)14-7-5-13(26-2)6-8-14/h3-10H,1-2H3,(H,20,23)(H,21,22). The lowest BCUT2D eigenvalue weighted by atomic mass is 10.2. The van der Waals surface area contributed by atoms with Crippen molar-refractivity contribution in [1.29, 1.82) is 0 Å². The van der Waals surface area contributed by atoms with E-state index in [1.54, 1.807) is 30.3 Å². The fraction of sp³-hybridized carbons (Fsp3) is 0.111. The average Bonchev–Trinajstić information content (AvgIpc) is 3.12. The highest BCUT2D eigenvalue weighted by atomic mass is 35.5. The monoisotopic (exact) mass is 437 g/mol. The molecule has 0 saturated heterocycles. The Morgan fingerprint density at radius 3 is 2.54 bits per heavy atom. The van der Waals surface area contributed by atoms with E-state index in [2.05, 4.69) is 15.0 Å². The summed E-state index contributed by atoms with van der Waals surface area (Å²) >= 11 is 7.06. The average molecular weight is 438 g/mol. The Kier molecular flexibility index (Phi) is 5.87. The van der Waals surface area contributed by atoms with Gasteiger partial charge in [-0.05, 0) is 48.9 Å². The van der Waals surface area contributed by atoms with Crippen molar-refractivity contribution in [3.8, 4) is 5.75 Å². The van der Waals surface area contributed by atoms with Gasteiger partial charge in [0.2, 0.25) is 0 Å². The highest BCUT2D eigenvalue weighted by Gasteiger charge is 2.18. The topological polar surface area (TPSA) is 97.4 Å². The van der Waals surface area contributed by atoms with Crippen LogP contribution in [0.5, 0.6) is 5.75 Å². The van der Waals surface area contributed by atoms with Crippen molar-refractivity contribution < 1.29 is 17.9 Å². The van der Waals surface area contributed by atoms with Crippen LogP contribution in [0.15, 0.2) is 52.7 Å². The smallest absolute Gasteiger partial charge is 0.275 e. The van der Waals surface area contributed by atoms with E-state index in [9.17, 15) is 13.2 Å². The summed E-state index contributed by atoms with van der Waals surface area (Å²) in [6.45, 7) is 1.86. The Morgan fingerprint density at radius 1 is 1.18 bits per heavy atom. The molecule has 7 nitrogen and oxygen atoms in total. The van der Waals surface area contributed by atoms with Gasteiger partial charge in [-0.25, -0.2) is 13.4 Å². The van der Waals surface area contributed by atoms with Gasteiger partial charge in [0.25, 0.3) is 15.9 Å². The number of thiazole rings is 1. The second-order valence-electron chi connectivity index (χ2n) is 5.74. The van der Waals surface area contributed by atoms with Gasteiger partial charge in [-0.2, -0.15) is 0 Å². The maximum absolute atomic E-state index is 12.4. The molecule has 0 aliphatic rings. The molecular formula is C18H16ClN3O4S2. The molecule has 0 saturated carbocycles. The van der Waals surface area contributed by atoms with Crippen LogP contribution in [0.1, 0.15) is 16.1 Å². The quantitative estimate of drug-likeness (QED) is 0.603. The number of carbonyl (C=O) groups is 1. The number of methoxy groups -OCH3 is 1. The van der Waals surface area contributed by atoms with Crippen LogP contribution in [-0.4, -0.2) is 26.4 Å². The molecule has 1 amide bonds. The first-order chi connectivity index (χ1) is 13.3. The third kappa shape index (κ3) is 4.61. The first kappa shape index (κ1) is 20.1. The summed E-state index contributed by atoms with van der Waals surface area (Å²) in [5.41, 5.74) is 1.51. The summed E-state index contributed by atoms with van der Waals surface area (Å²) in [5, 5.41) is 4.76. The number of carbonyl (C=O) groups excluding carboxylic acids is 1. The Morgan fingerprint density at radius 2 is 1.89 bits per heavy atom. The normalized spacial score (nSPS) is 11.1. The van der Waals surface area contributed by atoms with E-state index in [4.69, 9.17) is 16.3 Å². The number of nitrogens with zero attached hydrogens (tertiary/aromatic N) is 1. The van der Waals surface area contributed by atoms with Crippen molar-refractivity contribution in [3.05, 3.63) is 64.1 Å². The first-order valence-corrected chi connectivity index (χ1v) is 10.7. The molecular weight excluding hydrogens is 422 g/mol. The van der Waals surface area contributed by atoms with Gasteiger partial charge in [0.15, 0.2) is 5.13 Å². The van der Waals surface area contributed by atoms with Crippen LogP contribution in [-0.2, 0) is 10.0 Å². The van der Waals surface area contributed by atoms with E-state index in [1.807, 2.05) is 6.92 Å². The predicted molar refractivity (Wildman–Crippen MR) is 110 cm³/mol. The Hall–Kier alpha value is -2.62. The van der Waals surface area contributed by atoms with Crippen LogP contribution in [0.25, 0.3) is 0 Å². The zero-order chi connectivity index (χ0) is 20.3. The van der Waals surface area contributed by atoms with Gasteiger partial charge in [-0.3, -0.25) is 9.52 Å². The molecule has 146 valence electrons. The van der Waals surface area contributed by atoms with Crippen molar-refractivity contribution >= 4 is 49.7 Å². The fourth-order valence-electron chi connectivity index (χ4n) is 2.22. The van der Waals surface area contributed by atoms with Crippen LogP contribution >= 0.6 is 22.9 Å². The lowest BCUT2D eigenvalue weighted by Gasteiger charge is -2.06. The van der Waals surface area contributed by atoms with Crippen molar-refractivity contribution in [3.63, 3.8) is 0 Å². The molecule has 0 aliphatic carbocycles. The van der Waals surface area contributed by atoms with Crippen molar-refractivity contribution in [2.75, 3.05) is 17.1 Å². The Balaban J connectivity index is 1.72. The number of aryl methyl sites for hydroxylation is 1. The number of amides is 1. The van der Waals surface area contributed by atoms with Gasteiger partial charge in [0.05, 0.1) is 12.0 Å². The zero-order valence-electron chi connectivity index (χ0n) is 14.9. The number of halogens is 1. The first-order valence-electron chi connectivity index (χ1n) is 7.98. The minimum atomic E-state index is -3.83. The number of rotatable bonds is 6. The Labute approximate surface area is 171 Å². The van der Waals surface area contributed by atoms with Crippen LogP contribution in [0.4, 0.5) is 10.8 Å². The van der Waals surface area contributed by atoms with Gasteiger partial charge >= 0.3 is 0 Å². The molecule has 0 atom stereocenters.